The lowest BCUT2D eigenvalue weighted by atomic mass is 10.2. The van der Waals surface area contributed by atoms with E-state index in [0.717, 1.165) is 32.9 Å². The second-order valence-corrected chi connectivity index (χ2v) is 10.4. The minimum absolute atomic E-state index is 0.00935. The van der Waals surface area contributed by atoms with Gasteiger partial charge in [-0.05, 0) is 31.5 Å². The highest BCUT2D eigenvalue weighted by Crippen LogP contribution is 2.32. The molecule has 1 unspecified atom stereocenters. The summed E-state index contributed by atoms with van der Waals surface area (Å²) in [6.45, 7) is 5.24. The van der Waals surface area contributed by atoms with Gasteiger partial charge in [-0.1, -0.05) is 66.0 Å². The van der Waals surface area contributed by atoms with Crippen LogP contribution in [0.5, 0.6) is 0 Å². The molecular formula is C22H23N5OS3. The molecule has 0 bridgehead atoms. The Morgan fingerprint density at radius 1 is 1.13 bits per heavy atom. The number of rotatable bonds is 9. The number of aromatic nitrogens is 4. The lowest BCUT2D eigenvalue weighted by Crippen LogP contribution is -2.30. The van der Waals surface area contributed by atoms with Crippen LogP contribution in [0.1, 0.15) is 25.2 Å². The topological polar surface area (TPSA) is 72.7 Å². The number of nitrogens with zero attached hydrogens (tertiary/aromatic N) is 4. The van der Waals surface area contributed by atoms with E-state index < -0.39 is 0 Å². The van der Waals surface area contributed by atoms with Gasteiger partial charge in [0, 0.05) is 13.1 Å². The number of hydrogen-bond acceptors (Lipinski definition) is 7. The van der Waals surface area contributed by atoms with Crippen LogP contribution in [-0.4, -0.2) is 30.9 Å². The summed E-state index contributed by atoms with van der Waals surface area (Å²) in [4.78, 5) is 17.2. The number of hydrogen-bond donors (Lipinski definition) is 1. The predicted octanol–water partition coefficient (Wildman–Crippen LogP) is 5.00. The standard InChI is InChI=1S/C22H23N5OS3/c1-3-27-19(14-29-22-24-17-11-7-8-12-18(17)31-22)25-26-21(27)30-15(2)20(28)23-13-16-9-5-4-6-10-16/h4-12,15H,3,13-14H2,1-2H3,(H,23,28). The maximum Gasteiger partial charge on any atom is 0.233 e. The average Bonchev–Trinajstić information content (AvgIpc) is 3.39. The van der Waals surface area contributed by atoms with E-state index in [1.807, 2.05) is 55.5 Å². The second-order valence-electron chi connectivity index (χ2n) is 6.84. The molecule has 160 valence electrons. The minimum Gasteiger partial charge on any atom is -0.351 e. The third-order valence-electron chi connectivity index (χ3n) is 4.67. The molecule has 4 rings (SSSR count). The van der Waals surface area contributed by atoms with Crippen LogP contribution in [0.15, 0.2) is 64.1 Å². The minimum atomic E-state index is -0.261. The number of thiazole rings is 1. The Hall–Kier alpha value is -2.36. The molecule has 0 saturated heterocycles. The summed E-state index contributed by atoms with van der Waals surface area (Å²) in [7, 11) is 0. The number of nitrogens with one attached hydrogen (secondary N) is 1. The Labute approximate surface area is 193 Å². The van der Waals surface area contributed by atoms with Crippen molar-refractivity contribution in [1.29, 1.82) is 0 Å². The largest absolute Gasteiger partial charge is 0.351 e. The van der Waals surface area contributed by atoms with Gasteiger partial charge in [-0.3, -0.25) is 4.79 Å². The van der Waals surface area contributed by atoms with Crippen LogP contribution in [0.2, 0.25) is 0 Å². The third kappa shape index (κ3) is 5.47. The number of carbonyl (C=O) groups is 1. The average molecular weight is 470 g/mol. The Kier molecular flexibility index (Phi) is 7.26. The summed E-state index contributed by atoms with van der Waals surface area (Å²) in [6.07, 6.45) is 0. The molecule has 2 heterocycles. The van der Waals surface area contributed by atoms with Crippen molar-refractivity contribution in [2.45, 2.75) is 47.4 Å². The highest BCUT2D eigenvalue weighted by molar-refractivity contribution is 8.00. The van der Waals surface area contributed by atoms with Gasteiger partial charge in [0.25, 0.3) is 0 Å². The summed E-state index contributed by atoms with van der Waals surface area (Å²) in [5.41, 5.74) is 2.11. The molecule has 2 aromatic heterocycles. The molecular weight excluding hydrogens is 446 g/mol. The monoisotopic (exact) mass is 469 g/mol. The van der Waals surface area contributed by atoms with Crippen molar-refractivity contribution in [3.63, 3.8) is 0 Å². The summed E-state index contributed by atoms with van der Waals surface area (Å²) >= 11 is 4.80. The van der Waals surface area contributed by atoms with Gasteiger partial charge in [0.05, 0.1) is 21.2 Å². The van der Waals surface area contributed by atoms with Crippen molar-refractivity contribution in [1.82, 2.24) is 25.1 Å². The van der Waals surface area contributed by atoms with E-state index in [9.17, 15) is 4.79 Å². The van der Waals surface area contributed by atoms with Gasteiger partial charge in [-0.2, -0.15) is 0 Å². The van der Waals surface area contributed by atoms with Crippen molar-refractivity contribution >= 4 is 51.0 Å². The number of para-hydroxylation sites is 1. The lowest BCUT2D eigenvalue weighted by molar-refractivity contribution is -0.120. The van der Waals surface area contributed by atoms with Crippen LogP contribution in [0.3, 0.4) is 0 Å². The molecule has 1 amide bonds. The quantitative estimate of drug-likeness (QED) is 0.348. The Balaban J connectivity index is 1.36. The van der Waals surface area contributed by atoms with Gasteiger partial charge in [-0.15, -0.1) is 21.5 Å². The van der Waals surface area contributed by atoms with Gasteiger partial charge in [0.1, 0.15) is 5.82 Å². The zero-order chi connectivity index (χ0) is 21.6. The van der Waals surface area contributed by atoms with Crippen LogP contribution < -0.4 is 5.32 Å². The first-order valence-corrected chi connectivity index (χ1v) is 12.7. The summed E-state index contributed by atoms with van der Waals surface area (Å²) < 4.78 is 4.29. The molecule has 0 aliphatic rings. The molecule has 0 fully saturated rings. The summed E-state index contributed by atoms with van der Waals surface area (Å²) in [5.74, 6) is 1.58. The van der Waals surface area contributed by atoms with Crippen LogP contribution in [0.4, 0.5) is 0 Å². The fourth-order valence-electron chi connectivity index (χ4n) is 3.01. The lowest BCUT2D eigenvalue weighted by Gasteiger charge is -2.12. The summed E-state index contributed by atoms with van der Waals surface area (Å²) in [5, 5.41) is 12.2. The molecule has 9 heteroatoms. The van der Waals surface area contributed by atoms with Gasteiger partial charge in [-0.25, -0.2) is 4.98 Å². The van der Waals surface area contributed by atoms with Crippen LogP contribution in [0, 0.1) is 0 Å². The predicted molar refractivity (Wildman–Crippen MR) is 128 cm³/mol. The van der Waals surface area contributed by atoms with E-state index in [1.165, 1.54) is 16.5 Å². The zero-order valence-corrected chi connectivity index (χ0v) is 19.8. The smallest absolute Gasteiger partial charge is 0.233 e. The van der Waals surface area contributed by atoms with E-state index in [-0.39, 0.29) is 11.2 Å². The molecule has 0 spiro atoms. The van der Waals surface area contributed by atoms with Crippen LogP contribution >= 0.6 is 34.9 Å². The number of thioether (sulfide) groups is 2. The van der Waals surface area contributed by atoms with E-state index in [1.54, 1.807) is 23.1 Å². The molecule has 1 N–H and O–H groups in total. The van der Waals surface area contributed by atoms with Gasteiger partial charge in [0.2, 0.25) is 5.91 Å². The SMILES string of the molecule is CCn1c(CSc2nc3ccccc3s2)nnc1SC(C)C(=O)NCc1ccccc1. The van der Waals surface area contributed by atoms with Crippen molar-refractivity contribution in [2.75, 3.05) is 0 Å². The normalized spacial score (nSPS) is 12.2. The van der Waals surface area contributed by atoms with Gasteiger partial charge >= 0.3 is 0 Å². The van der Waals surface area contributed by atoms with Crippen LogP contribution in [0.25, 0.3) is 10.2 Å². The van der Waals surface area contributed by atoms with Crippen LogP contribution in [-0.2, 0) is 23.6 Å². The van der Waals surface area contributed by atoms with Crippen molar-refractivity contribution in [3.05, 3.63) is 66.0 Å². The molecule has 0 saturated carbocycles. The van der Waals surface area contributed by atoms with Gasteiger partial charge in [0.15, 0.2) is 9.50 Å². The Morgan fingerprint density at radius 2 is 1.90 bits per heavy atom. The molecule has 0 aliphatic carbocycles. The van der Waals surface area contributed by atoms with E-state index in [0.29, 0.717) is 12.3 Å². The fraction of sp³-hybridized carbons (Fsp3) is 0.273. The molecule has 0 radical (unpaired) electrons. The highest BCUT2D eigenvalue weighted by atomic mass is 32.2. The van der Waals surface area contributed by atoms with E-state index >= 15 is 0 Å². The first-order chi connectivity index (χ1) is 15.1. The number of amides is 1. The second kappa shape index (κ2) is 10.3. The maximum absolute atomic E-state index is 12.5. The maximum atomic E-state index is 12.5. The molecule has 6 nitrogen and oxygen atoms in total. The first kappa shape index (κ1) is 21.9. The van der Waals surface area contributed by atoms with Crippen molar-refractivity contribution < 1.29 is 4.79 Å². The van der Waals surface area contributed by atoms with E-state index in [4.69, 9.17) is 0 Å². The summed E-state index contributed by atoms with van der Waals surface area (Å²) in [6, 6.07) is 18.1. The van der Waals surface area contributed by atoms with Crippen molar-refractivity contribution in [3.8, 4) is 0 Å². The molecule has 31 heavy (non-hydrogen) atoms. The molecule has 2 aromatic carbocycles. The third-order valence-corrected chi connectivity index (χ3v) is 7.93. The highest BCUT2D eigenvalue weighted by Gasteiger charge is 2.20. The Bertz CT molecular complexity index is 1130. The number of benzene rings is 2. The number of fused-ring (bicyclic) bond motifs is 1. The van der Waals surface area contributed by atoms with Crippen molar-refractivity contribution in [2.24, 2.45) is 0 Å². The first-order valence-electron chi connectivity index (χ1n) is 10.0. The number of carbonyl (C=O) groups excluding carboxylic acids is 1. The zero-order valence-electron chi connectivity index (χ0n) is 17.3. The van der Waals surface area contributed by atoms with E-state index in [2.05, 4.69) is 38.1 Å². The fourth-order valence-corrected chi connectivity index (χ4v) is 5.97. The molecule has 1 atom stereocenters. The Morgan fingerprint density at radius 3 is 2.68 bits per heavy atom. The molecule has 4 aromatic rings. The van der Waals surface area contributed by atoms with Gasteiger partial charge < -0.3 is 9.88 Å². The molecule has 0 aliphatic heterocycles.